The van der Waals surface area contributed by atoms with Crippen molar-refractivity contribution in [3.05, 3.63) is 0 Å². The number of fused-ring (bicyclic) bond motifs is 1. The maximum Gasteiger partial charge on any atom is 0.160 e. The second-order valence-corrected chi connectivity index (χ2v) is 2.80. The highest BCUT2D eigenvalue weighted by atomic mass is 16.7. The average molecular weight is 154 g/mol. The van der Waals surface area contributed by atoms with Gasteiger partial charge in [0.1, 0.15) is 0 Å². The van der Waals surface area contributed by atoms with Gasteiger partial charge in [-0.3, -0.25) is 0 Å². The smallest absolute Gasteiger partial charge is 0.160 e. The summed E-state index contributed by atoms with van der Waals surface area (Å²) in [6.45, 7) is 1.82. The number of hydrogen-bond donors (Lipinski definition) is 0. The van der Waals surface area contributed by atoms with Crippen molar-refractivity contribution in [2.45, 2.75) is 25.6 Å². The van der Waals surface area contributed by atoms with Gasteiger partial charge in [0.15, 0.2) is 6.29 Å². The van der Waals surface area contributed by atoms with E-state index in [1.54, 1.807) is 0 Å². The molecule has 0 unspecified atom stereocenters. The minimum absolute atomic E-state index is 0.166. The molecule has 0 bridgehead atoms. The van der Waals surface area contributed by atoms with Crippen LogP contribution in [0.25, 0.3) is 0 Å². The molecule has 2 rings (SSSR count). The summed E-state index contributed by atoms with van der Waals surface area (Å²) in [7, 11) is 0. The van der Waals surface area contributed by atoms with E-state index in [9.17, 15) is 0 Å². The minimum Gasteiger partial charge on any atom is -0.352 e. The second kappa shape index (κ2) is 4.38. The third kappa shape index (κ3) is 1.95. The molecule has 2 fully saturated rings. The Morgan fingerprint density at radius 3 is 2.45 bits per heavy atom. The fraction of sp³-hybridized carbons (Fsp3) is 0.778. The molecule has 2 heterocycles. The summed E-state index contributed by atoms with van der Waals surface area (Å²) in [6.07, 6.45) is 11.9. The molecule has 0 amide bonds. The molecule has 0 aromatic rings. The van der Waals surface area contributed by atoms with Gasteiger partial charge in [0, 0.05) is 12.5 Å². The predicted octanol–water partition coefficient (Wildman–Crippen LogP) is 1.41. The van der Waals surface area contributed by atoms with Gasteiger partial charge in [0.2, 0.25) is 0 Å². The standard InChI is InChI=1S/C7H12O2.C2H2/c1-2-6-3-5-9-7(6)8-4-1;1-2/h6-7H,1-5H2;1-2H/t6-,7+;/m0./s1. The molecule has 2 heteroatoms. The van der Waals surface area contributed by atoms with E-state index in [4.69, 9.17) is 9.47 Å². The van der Waals surface area contributed by atoms with Gasteiger partial charge in [0.05, 0.1) is 6.61 Å². The van der Waals surface area contributed by atoms with Crippen LogP contribution in [0.4, 0.5) is 0 Å². The van der Waals surface area contributed by atoms with Crippen LogP contribution in [0.3, 0.4) is 0 Å². The molecule has 62 valence electrons. The third-order valence-electron chi connectivity index (χ3n) is 2.16. The molecule has 0 N–H and O–H groups in total. The van der Waals surface area contributed by atoms with Crippen LogP contribution >= 0.6 is 0 Å². The summed E-state index contributed by atoms with van der Waals surface area (Å²) < 4.78 is 10.7. The molecule has 0 saturated carbocycles. The highest BCUT2D eigenvalue weighted by Gasteiger charge is 2.31. The van der Waals surface area contributed by atoms with Crippen molar-refractivity contribution in [2.24, 2.45) is 5.92 Å². The Bertz CT molecular complexity index is 119. The van der Waals surface area contributed by atoms with Crippen molar-refractivity contribution in [1.29, 1.82) is 0 Å². The molecule has 2 aliphatic rings. The maximum atomic E-state index is 5.38. The lowest BCUT2D eigenvalue weighted by Crippen LogP contribution is -2.25. The van der Waals surface area contributed by atoms with Crippen molar-refractivity contribution in [3.8, 4) is 12.8 Å². The molecule has 2 aliphatic heterocycles. The van der Waals surface area contributed by atoms with Crippen molar-refractivity contribution in [3.63, 3.8) is 0 Å². The first-order valence-corrected chi connectivity index (χ1v) is 4.03. The molecule has 11 heavy (non-hydrogen) atoms. The fourth-order valence-corrected chi connectivity index (χ4v) is 1.62. The molecular weight excluding hydrogens is 140 g/mol. The lowest BCUT2D eigenvalue weighted by Gasteiger charge is -2.23. The molecule has 0 spiro atoms. The van der Waals surface area contributed by atoms with Crippen LogP contribution in [0.5, 0.6) is 0 Å². The van der Waals surface area contributed by atoms with E-state index >= 15 is 0 Å². The zero-order valence-corrected chi connectivity index (χ0v) is 6.66. The maximum absolute atomic E-state index is 5.38. The van der Waals surface area contributed by atoms with E-state index < -0.39 is 0 Å². The highest BCUT2D eigenvalue weighted by Crippen LogP contribution is 2.29. The summed E-state index contributed by atoms with van der Waals surface area (Å²) in [5.41, 5.74) is 0. The van der Waals surface area contributed by atoms with Crippen LogP contribution in [0.1, 0.15) is 19.3 Å². The van der Waals surface area contributed by atoms with Crippen molar-refractivity contribution >= 4 is 0 Å². The Morgan fingerprint density at radius 1 is 1.00 bits per heavy atom. The summed E-state index contributed by atoms with van der Waals surface area (Å²) in [5, 5.41) is 0. The Labute approximate surface area is 67.9 Å². The van der Waals surface area contributed by atoms with Gasteiger partial charge in [-0.1, -0.05) is 0 Å². The molecular formula is C9H14O2. The van der Waals surface area contributed by atoms with E-state index in [0.29, 0.717) is 0 Å². The number of ether oxygens (including phenoxy) is 2. The molecule has 0 radical (unpaired) electrons. The van der Waals surface area contributed by atoms with Crippen molar-refractivity contribution in [2.75, 3.05) is 13.2 Å². The molecule has 2 atom stereocenters. The zero-order valence-electron chi connectivity index (χ0n) is 6.66. The zero-order chi connectivity index (χ0) is 8.10. The summed E-state index contributed by atoms with van der Waals surface area (Å²) in [5.74, 6) is 0.721. The molecule has 0 aromatic carbocycles. The molecule has 2 saturated heterocycles. The average Bonchev–Trinajstić information content (AvgIpc) is 2.55. The summed E-state index contributed by atoms with van der Waals surface area (Å²) >= 11 is 0. The Morgan fingerprint density at radius 2 is 1.73 bits per heavy atom. The number of rotatable bonds is 0. The van der Waals surface area contributed by atoms with Gasteiger partial charge in [-0.2, -0.15) is 0 Å². The molecule has 0 aromatic heterocycles. The van der Waals surface area contributed by atoms with Crippen LogP contribution in [-0.4, -0.2) is 19.5 Å². The largest absolute Gasteiger partial charge is 0.352 e. The van der Waals surface area contributed by atoms with Gasteiger partial charge >= 0.3 is 0 Å². The van der Waals surface area contributed by atoms with Crippen molar-refractivity contribution < 1.29 is 9.47 Å². The van der Waals surface area contributed by atoms with E-state index in [0.717, 1.165) is 19.1 Å². The first kappa shape index (κ1) is 8.58. The first-order chi connectivity index (χ1) is 5.47. The quantitative estimate of drug-likeness (QED) is 0.491. The second-order valence-electron chi connectivity index (χ2n) is 2.80. The van der Waals surface area contributed by atoms with E-state index in [1.807, 2.05) is 0 Å². The van der Waals surface area contributed by atoms with Gasteiger partial charge in [-0.15, -0.1) is 12.8 Å². The summed E-state index contributed by atoms with van der Waals surface area (Å²) in [4.78, 5) is 0. The minimum atomic E-state index is 0.166. The van der Waals surface area contributed by atoms with E-state index in [1.165, 1.54) is 19.3 Å². The monoisotopic (exact) mass is 154 g/mol. The lowest BCUT2D eigenvalue weighted by molar-refractivity contribution is -0.150. The molecule has 2 nitrogen and oxygen atoms in total. The van der Waals surface area contributed by atoms with Crippen LogP contribution in [0, 0.1) is 18.8 Å². The van der Waals surface area contributed by atoms with Crippen LogP contribution in [0.2, 0.25) is 0 Å². The summed E-state index contributed by atoms with van der Waals surface area (Å²) in [6, 6.07) is 0. The molecule has 0 aliphatic carbocycles. The SMILES string of the molecule is C#C.C1CO[C@@H]2OCC[C@@H]2C1. The Balaban J connectivity index is 0.000000281. The van der Waals surface area contributed by atoms with Gasteiger partial charge in [-0.25, -0.2) is 0 Å². The van der Waals surface area contributed by atoms with Crippen LogP contribution < -0.4 is 0 Å². The number of terminal acetylenes is 1. The third-order valence-corrected chi connectivity index (χ3v) is 2.16. The van der Waals surface area contributed by atoms with E-state index in [2.05, 4.69) is 12.8 Å². The van der Waals surface area contributed by atoms with Crippen LogP contribution in [0.15, 0.2) is 0 Å². The van der Waals surface area contributed by atoms with E-state index in [-0.39, 0.29) is 6.29 Å². The normalized spacial score (nSPS) is 35.1. The number of hydrogen-bond acceptors (Lipinski definition) is 2. The van der Waals surface area contributed by atoms with Crippen molar-refractivity contribution in [1.82, 2.24) is 0 Å². The topological polar surface area (TPSA) is 18.5 Å². The van der Waals surface area contributed by atoms with Gasteiger partial charge < -0.3 is 9.47 Å². The van der Waals surface area contributed by atoms with Gasteiger partial charge in [0.25, 0.3) is 0 Å². The Hall–Kier alpha value is -0.520. The van der Waals surface area contributed by atoms with Gasteiger partial charge in [-0.05, 0) is 19.3 Å². The van der Waals surface area contributed by atoms with Crippen LogP contribution in [-0.2, 0) is 9.47 Å². The fourth-order valence-electron chi connectivity index (χ4n) is 1.62. The highest BCUT2D eigenvalue weighted by molar-refractivity contribution is 4.72. The lowest BCUT2D eigenvalue weighted by atomic mass is 10.00. The Kier molecular flexibility index (Phi) is 3.41. The first-order valence-electron chi connectivity index (χ1n) is 4.03. The predicted molar refractivity (Wildman–Crippen MR) is 42.9 cm³/mol.